The third-order valence-corrected chi connectivity index (χ3v) is 3.95. The predicted octanol–water partition coefficient (Wildman–Crippen LogP) is -1.74. The molecule has 25 heavy (non-hydrogen) atoms. The Kier molecular flexibility index (Phi) is 6.07. The summed E-state index contributed by atoms with van der Waals surface area (Å²) >= 11 is 0. The van der Waals surface area contributed by atoms with E-state index in [1.807, 2.05) is 0 Å². The van der Waals surface area contributed by atoms with Crippen molar-refractivity contribution < 1.29 is 14.4 Å². The number of nitrogens with two attached hydrogens (primary N) is 2. The van der Waals surface area contributed by atoms with Crippen LogP contribution in [0.5, 0.6) is 0 Å². The second-order valence-corrected chi connectivity index (χ2v) is 5.79. The maximum absolute atomic E-state index is 12.2. The van der Waals surface area contributed by atoms with Gasteiger partial charge in [0, 0.05) is 18.7 Å². The Morgan fingerprint density at radius 1 is 1.16 bits per heavy atom. The van der Waals surface area contributed by atoms with Crippen molar-refractivity contribution in [2.24, 2.45) is 11.5 Å². The summed E-state index contributed by atoms with van der Waals surface area (Å²) in [6.07, 6.45) is 0.608. The molecule has 0 bridgehead atoms. The molecule has 3 amide bonds. The molecule has 1 saturated heterocycles. The first kappa shape index (κ1) is 18.4. The molecule has 134 valence electrons. The van der Waals surface area contributed by atoms with E-state index in [2.05, 4.69) is 10.6 Å². The standard InChI is InChI=1S/C16H22N6O3/c17-13(23)8-20-9-14(24)22-6-5-12(22)16(25)21-7-10-1-3-11(4-2-10)15(18)19/h1-4,12,20H,5-9H2,(H2,17,23)(H3,18,19)(H,21,25). The molecule has 0 aliphatic carbocycles. The van der Waals surface area contributed by atoms with Gasteiger partial charge in [-0.2, -0.15) is 0 Å². The number of benzene rings is 1. The van der Waals surface area contributed by atoms with Crippen LogP contribution in [0.1, 0.15) is 17.5 Å². The molecule has 1 unspecified atom stereocenters. The number of carbonyl (C=O) groups excluding carboxylic acids is 3. The third-order valence-electron chi connectivity index (χ3n) is 3.95. The summed E-state index contributed by atoms with van der Waals surface area (Å²) in [6.45, 7) is 0.740. The van der Waals surface area contributed by atoms with Gasteiger partial charge >= 0.3 is 0 Å². The van der Waals surface area contributed by atoms with Gasteiger partial charge in [0.2, 0.25) is 17.7 Å². The zero-order chi connectivity index (χ0) is 18.4. The van der Waals surface area contributed by atoms with Gasteiger partial charge in [0.1, 0.15) is 11.9 Å². The van der Waals surface area contributed by atoms with Crippen LogP contribution in [-0.4, -0.2) is 54.1 Å². The Bertz CT molecular complexity index is 673. The summed E-state index contributed by atoms with van der Waals surface area (Å²) in [5.41, 5.74) is 11.9. The van der Waals surface area contributed by atoms with E-state index >= 15 is 0 Å². The number of nitrogen functional groups attached to an aromatic ring is 1. The second kappa shape index (κ2) is 8.25. The highest BCUT2D eigenvalue weighted by Crippen LogP contribution is 2.17. The van der Waals surface area contributed by atoms with Crippen molar-refractivity contribution in [3.63, 3.8) is 0 Å². The first-order valence-electron chi connectivity index (χ1n) is 7.88. The third kappa shape index (κ3) is 5.01. The van der Waals surface area contributed by atoms with Gasteiger partial charge in [-0.05, 0) is 12.0 Å². The second-order valence-electron chi connectivity index (χ2n) is 5.79. The number of hydrogen-bond donors (Lipinski definition) is 5. The SMILES string of the molecule is N=C(N)c1ccc(CNC(=O)C2CCN2C(=O)CNCC(N)=O)cc1. The van der Waals surface area contributed by atoms with Gasteiger partial charge in [-0.15, -0.1) is 0 Å². The first-order valence-corrected chi connectivity index (χ1v) is 7.88. The molecule has 1 aliphatic heterocycles. The highest BCUT2D eigenvalue weighted by atomic mass is 16.2. The molecule has 0 radical (unpaired) electrons. The van der Waals surface area contributed by atoms with Crippen molar-refractivity contribution in [2.75, 3.05) is 19.6 Å². The minimum absolute atomic E-state index is 0.0100. The number of amides is 3. The fraction of sp³-hybridized carbons (Fsp3) is 0.375. The van der Waals surface area contributed by atoms with Crippen molar-refractivity contribution in [2.45, 2.75) is 19.0 Å². The number of primary amides is 1. The smallest absolute Gasteiger partial charge is 0.243 e. The van der Waals surface area contributed by atoms with Crippen molar-refractivity contribution in [1.29, 1.82) is 5.41 Å². The Morgan fingerprint density at radius 2 is 1.84 bits per heavy atom. The molecular weight excluding hydrogens is 324 g/mol. The quantitative estimate of drug-likeness (QED) is 0.279. The van der Waals surface area contributed by atoms with Crippen molar-refractivity contribution in [1.82, 2.24) is 15.5 Å². The number of nitrogens with one attached hydrogen (secondary N) is 3. The van der Waals surface area contributed by atoms with Gasteiger partial charge in [0.25, 0.3) is 0 Å². The van der Waals surface area contributed by atoms with E-state index < -0.39 is 11.9 Å². The average Bonchev–Trinajstić information content (AvgIpc) is 2.51. The molecule has 9 heteroatoms. The maximum atomic E-state index is 12.2. The topological polar surface area (TPSA) is 154 Å². The molecule has 1 aromatic carbocycles. The van der Waals surface area contributed by atoms with Gasteiger partial charge in [-0.3, -0.25) is 25.1 Å². The molecule has 7 N–H and O–H groups in total. The zero-order valence-electron chi connectivity index (χ0n) is 13.7. The zero-order valence-corrected chi connectivity index (χ0v) is 13.7. The average molecular weight is 346 g/mol. The van der Waals surface area contributed by atoms with Crippen molar-refractivity contribution in [3.8, 4) is 0 Å². The van der Waals surface area contributed by atoms with Crippen LogP contribution in [0.2, 0.25) is 0 Å². The summed E-state index contributed by atoms with van der Waals surface area (Å²) in [5.74, 6) is -1.01. The minimum Gasteiger partial charge on any atom is -0.384 e. The lowest BCUT2D eigenvalue weighted by Gasteiger charge is -2.39. The Labute approximate surface area is 145 Å². The van der Waals surface area contributed by atoms with Gasteiger partial charge in [-0.25, -0.2) is 0 Å². The van der Waals surface area contributed by atoms with Gasteiger partial charge in [0.05, 0.1) is 13.1 Å². The fourth-order valence-corrected chi connectivity index (χ4v) is 2.46. The summed E-state index contributed by atoms with van der Waals surface area (Å²) < 4.78 is 0. The van der Waals surface area contributed by atoms with Crippen molar-refractivity contribution in [3.05, 3.63) is 35.4 Å². The van der Waals surface area contributed by atoms with Crippen LogP contribution in [0.15, 0.2) is 24.3 Å². The lowest BCUT2D eigenvalue weighted by atomic mass is 10.0. The van der Waals surface area contributed by atoms with Crippen LogP contribution in [0, 0.1) is 5.41 Å². The van der Waals surface area contributed by atoms with Gasteiger partial charge in [0.15, 0.2) is 0 Å². The van der Waals surface area contributed by atoms with Crippen LogP contribution in [0.25, 0.3) is 0 Å². The number of nitrogens with zero attached hydrogens (tertiary/aromatic N) is 1. The van der Waals surface area contributed by atoms with Crippen LogP contribution in [0.4, 0.5) is 0 Å². The lowest BCUT2D eigenvalue weighted by molar-refractivity contribution is -0.146. The van der Waals surface area contributed by atoms with Crippen LogP contribution < -0.4 is 22.1 Å². The van der Waals surface area contributed by atoms with Crippen molar-refractivity contribution >= 4 is 23.6 Å². The normalized spacial score (nSPS) is 16.0. The lowest BCUT2D eigenvalue weighted by Crippen LogP contribution is -2.59. The minimum atomic E-state index is -0.540. The molecule has 0 saturated carbocycles. The number of carbonyl (C=O) groups is 3. The highest BCUT2D eigenvalue weighted by molar-refractivity contribution is 5.95. The molecule has 0 aromatic heterocycles. The Hall–Kier alpha value is -2.94. The van der Waals surface area contributed by atoms with Crippen LogP contribution in [-0.2, 0) is 20.9 Å². The van der Waals surface area contributed by atoms with E-state index in [1.54, 1.807) is 24.3 Å². The van der Waals surface area contributed by atoms with Crippen LogP contribution >= 0.6 is 0 Å². The monoisotopic (exact) mass is 346 g/mol. The Morgan fingerprint density at radius 3 is 2.36 bits per heavy atom. The van der Waals surface area contributed by atoms with E-state index in [1.165, 1.54) is 4.90 Å². The highest BCUT2D eigenvalue weighted by Gasteiger charge is 2.36. The molecular formula is C16H22N6O3. The molecule has 1 atom stereocenters. The number of rotatable bonds is 8. The molecule has 0 spiro atoms. The van der Waals surface area contributed by atoms with Crippen LogP contribution in [0.3, 0.4) is 0 Å². The molecule has 1 aliphatic rings. The van der Waals surface area contributed by atoms with E-state index in [-0.39, 0.29) is 30.7 Å². The fourth-order valence-electron chi connectivity index (χ4n) is 2.46. The van der Waals surface area contributed by atoms with Gasteiger partial charge in [-0.1, -0.05) is 24.3 Å². The first-order chi connectivity index (χ1) is 11.9. The molecule has 1 heterocycles. The number of amidine groups is 1. The largest absolute Gasteiger partial charge is 0.384 e. The molecule has 1 fully saturated rings. The van der Waals surface area contributed by atoms with E-state index in [9.17, 15) is 14.4 Å². The van der Waals surface area contributed by atoms with E-state index in [0.717, 1.165) is 5.56 Å². The predicted molar refractivity (Wildman–Crippen MR) is 91.5 cm³/mol. The molecule has 9 nitrogen and oxygen atoms in total. The van der Waals surface area contributed by atoms with Gasteiger partial charge < -0.3 is 21.7 Å². The molecule has 1 aromatic rings. The number of likely N-dealkylation sites (tertiary alicyclic amines) is 1. The maximum Gasteiger partial charge on any atom is 0.243 e. The van der Waals surface area contributed by atoms with E-state index in [4.69, 9.17) is 16.9 Å². The summed E-state index contributed by atoms with van der Waals surface area (Å²) in [6, 6.07) is 6.52. The number of hydrogen-bond acceptors (Lipinski definition) is 5. The summed E-state index contributed by atoms with van der Waals surface area (Å²) in [7, 11) is 0. The summed E-state index contributed by atoms with van der Waals surface area (Å²) in [5, 5.41) is 12.8. The van der Waals surface area contributed by atoms with E-state index in [0.29, 0.717) is 25.1 Å². The molecule has 2 rings (SSSR count). The summed E-state index contributed by atoms with van der Waals surface area (Å²) in [4.78, 5) is 36.3. The Balaban J connectivity index is 1.79.